The van der Waals surface area contributed by atoms with Gasteiger partial charge in [0.05, 0.1) is 13.7 Å². The molecule has 1 aromatic carbocycles. The summed E-state index contributed by atoms with van der Waals surface area (Å²) in [4.78, 5) is 0. The van der Waals surface area contributed by atoms with Crippen LogP contribution in [0.1, 0.15) is 39.2 Å². The van der Waals surface area contributed by atoms with Gasteiger partial charge in [0.2, 0.25) is 0 Å². The van der Waals surface area contributed by atoms with Crippen LogP contribution in [-0.2, 0) is 6.54 Å². The van der Waals surface area contributed by atoms with Gasteiger partial charge in [-0.1, -0.05) is 6.07 Å². The molecule has 0 aliphatic heterocycles. The standard InChI is InChI=1S/C16H27NO3/c1-16(2,3)17-12-13-7-8-14(15(11-13)19-4)20-10-6-5-9-18/h7-8,11,17-18H,5-6,9-10,12H2,1-4H3. The average Bonchev–Trinajstić information content (AvgIpc) is 2.41. The summed E-state index contributed by atoms with van der Waals surface area (Å²) in [5.74, 6) is 1.51. The highest BCUT2D eigenvalue weighted by atomic mass is 16.5. The lowest BCUT2D eigenvalue weighted by Gasteiger charge is -2.21. The van der Waals surface area contributed by atoms with Crippen molar-refractivity contribution in [2.24, 2.45) is 0 Å². The van der Waals surface area contributed by atoms with Crippen molar-refractivity contribution in [3.05, 3.63) is 23.8 Å². The maximum atomic E-state index is 8.74. The Morgan fingerprint density at radius 1 is 1.15 bits per heavy atom. The molecule has 114 valence electrons. The fourth-order valence-corrected chi connectivity index (χ4v) is 1.70. The predicted octanol–water partition coefficient (Wildman–Crippen LogP) is 2.73. The summed E-state index contributed by atoms with van der Waals surface area (Å²) in [5, 5.41) is 12.2. The van der Waals surface area contributed by atoms with Crippen molar-refractivity contribution in [2.45, 2.75) is 45.7 Å². The molecular formula is C16H27NO3. The molecule has 0 aliphatic rings. The fraction of sp³-hybridized carbons (Fsp3) is 0.625. The van der Waals surface area contributed by atoms with Crippen LogP contribution in [0.4, 0.5) is 0 Å². The minimum Gasteiger partial charge on any atom is -0.493 e. The van der Waals surface area contributed by atoms with Crippen LogP contribution in [0, 0.1) is 0 Å². The number of aliphatic hydroxyl groups is 1. The first-order valence-electron chi connectivity index (χ1n) is 7.12. The molecule has 0 saturated heterocycles. The monoisotopic (exact) mass is 281 g/mol. The lowest BCUT2D eigenvalue weighted by Crippen LogP contribution is -2.35. The average molecular weight is 281 g/mol. The predicted molar refractivity (Wildman–Crippen MR) is 81.4 cm³/mol. The molecule has 0 saturated carbocycles. The molecule has 0 bridgehead atoms. The van der Waals surface area contributed by atoms with E-state index in [0.29, 0.717) is 6.61 Å². The van der Waals surface area contributed by atoms with E-state index in [2.05, 4.69) is 26.1 Å². The van der Waals surface area contributed by atoms with Crippen LogP contribution in [-0.4, -0.2) is 31.0 Å². The van der Waals surface area contributed by atoms with Crippen molar-refractivity contribution in [3.8, 4) is 11.5 Å². The third kappa shape index (κ3) is 6.26. The van der Waals surface area contributed by atoms with Gasteiger partial charge in [0.25, 0.3) is 0 Å². The molecule has 0 aromatic heterocycles. The second-order valence-electron chi connectivity index (χ2n) is 5.87. The second kappa shape index (κ2) is 8.12. The molecule has 0 amide bonds. The Kier molecular flexibility index (Phi) is 6.82. The normalized spacial score (nSPS) is 11.4. The van der Waals surface area contributed by atoms with Crippen molar-refractivity contribution in [1.29, 1.82) is 0 Å². The van der Waals surface area contributed by atoms with Gasteiger partial charge in [0, 0.05) is 18.7 Å². The Hall–Kier alpha value is -1.26. The smallest absolute Gasteiger partial charge is 0.161 e. The largest absolute Gasteiger partial charge is 0.493 e. The topological polar surface area (TPSA) is 50.7 Å². The van der Waals surface area contributed by atoms with Crippen molar-refractivity contribution in [2.75, 3.05) is 20.3 Å². The SMILES string of the molecule is COc1cc(CNC(C)(C)C)ccc1OCCCCO. The summed E-state index contributed by atoms with van der Waals surface area (Å²) in [5.41, 5.74) is 1.26. The molecule has 2 N–H and O–H groups in total. The van der Waals surface area contributed by atoms with Gasteiger partial charge in [-0.05, 0) is 51.3 Å². The lowest BCUT2D eigenvalue weighted by atomic mass is 10.1. The van der Waals surface area contributed by atoms with E-state index in [1.54, 1.807) is 7.11 Å². The summed E-state index contributed by atoms with van der Waals surface area (Å²) >= 11 is 0. The molecule has 20 heavy (non-hydrogen) atoms. The number of hydrogen-bond acceptors (Lipinski definition) is 4. The summed E-state index contributed by atoms with van der Waals surface area (Å²) in [6.07, 6.45) is 1.60. The first-order chi connectivity index (χ1) is 9.46. The number of aliphatic hydroxyl groups excluding tert-OH is 1. The summed E-state index contributed by atoms with van der Waals surface area (Å²) < 4.78 is 11.0. The Balaban J connectivity index is 2.60. The molecule has 0 unspecified atom stereocenters. The van der Waals surface area contributed by atoms with Crippen LogP contribution < -0.4 is 14.8 Å². The number of benzene rings is 1. The minimum absolute atomic E-state index is 0.0900. The van der Waals surface area contributed by atoms with Crippen molar-refractivity contribution in [3.63, 3.8) is 0 Å². The van der Waals surface area contributed by atoms with Crippen LogP contribution in [0.2, 0.25) is 0 Å². The molecular weight excluding hydrogens is 254 g/mol. The van der Waals surface area contributed by atoms with Gasteiger partial charge in [-0.3, -0.25) is 0 Å². The maximum absolute atomic E-state index is 8.74. The zero-order valence-corrected chi connectivity index (χ0v) is 13.0. The molecule has 1 rings (SSSR count). The third-order valence-corrected chi connectivity index (χ3v) is 2.86. The van der Waals surface area contributed by atoms with E-state index in [1.165, 1.54) is 5.56 Å². The van der Waals surface area contributed by atoms with Gasteiger partial charge in [0.15, 0.2) is 11.5 Å². The zero-order valence-electron chi connectivity index (χ0n) is 13.0. The maximum Gasteiger partial charge on any atom is 0.161 e. The fourth-order valence-electron chi connectivity index (χ4n) is 1.70. The van der Waals surface area contributed by atoms with E-state index in [9.17, 15) is 0 Å². The Bertz CT molecular complexity index is 399. The molecule has 1 aromatic rings. The van der Waals surface area contributed by atoms with Gasteiger partial charge in [-0.15, -0.1) is 0 Å². The first-order valence-corrected chi connectivity index (χ1v) is 7.12. The second-order valence-corrected chi connectivity index (χ2v) is 5.87. The van der Waals surface area contributed by atoms with Gasteiger partial charge in [0.1, 0.15) is 0 Å². The number of unbranched alkanes of at least 4 members (excludes halogenated alkanes) is 1. The van der Waals surface area contributed by atoms with Crippen LogP contribution >= 0.6 is 0 Å². The highest BCUT2D eigenvalue weighted by Gasteiger charge is 2.10. The number of hydrogen-bond donors (Lipinski definition) is 2. The van der Waals surface area contributed by atoms with Gasteiger partial charge >= 0.3 is 0 Å². The Morgan fingerprint density at radius 2 is 1.90 bits per heavy atom. The number of ether oxygens (including phenoxy) is 2. The van der Waals surface area contributed by atoms with Crippen molar-refractivity contribution >= 4 is 0 Å². The molecule has 4 heteroatoms. The van der Waals surface area contributed by atoms with Crippen LogP contribution in [0.25, 0.3) is 0 Å². The molecule has 0 radical (unpaired) electrons. The molecule has 0 atom stereocenters. The molecule has 0 heterocycles. The van der Waals surface area contributed by atoms with Crippen LogP contribution in [0.15, 0.2) is 18.2 Å². The van der Waals surface area contributed by atoms with E-state index in [-0.39, 0.29) is 12.1 Å². The van der Waals surface area contributed by atoms with E-state index in [1.807, 2.05) is 18.2 Å². The van der Waals surface area contributed by atoms with Crippen molar-refractivity contribution < 1.29 is 14.6 Å². The van der Waals surface area contributed by atoms with E-state index >= 15 is 0 Å². The van der Waals surface area contributed by atoms with Gasteiger partial charge in [-0.2, -0.15) is 0 Å². The molecule has 0 fully saturated rings. The van der Waals surface area contributed by atoms with Gasteiger partial charge in [-0.25, -0.2) is 0 Å². The van der Waals surface area contributed by atoms with Gasteiger partial charge < -0.3 is 19.9 Å². The summed E-state index contributed by atoms with van der Waals surface area (Å²) in [6, 6.07) is 5.99. The summed E-state index contributed by atoms with van der Waals surface area (Å²) in [7, 11) is 1.65. The third-order valence-electron chi connectivity index (χ3n) is 2.86. The zero-order chi connectivity index (χ0) is 15.0. The molecule has 0 aliphatic carbocycles. The molecule has 0 spiro atoms. The minimum atomic E-state index is 0.0900. The first kappa shape index (κ1) is 16.8. The Morgan fingerprint density at radius 3 is 2.50 bits per heavy atom. The van der Waals surface area contributed by atoms with Crippen LogP contribution in [0.3, 0.4) is 0 Å². The number of rotatable bonds is 8. The van der Waals surface area contributed by atoms with E-state index in [4.69, 9.17) is 14.6 Å². The summed E-state index contributed by atoms with van der Waals surface area (Å²) in [6.45, 7) is 8.02. The van der Waals surface area contributed by atoms with E-state index < -0.39 is 0 Å². The number of nitrogens with one attached hydrogen (secondary N) is 1. The highest BCUT2D eigenvalue weighted by Crippen LogP contribution is 2.28. The van der Waals surface area contributed by atoms with E-state index in [0.717, 1.165) is 30.9 Å². The quantitative estimate of drug-likeness (QED) is 0.719. The number of methoxy groups -OCH3 is 1. The highest BCUT2D eigenvalue weighted by molar-refractivity contribution is 5.43. The van der Waals surface area contributed by atoms with Crippen molar-refractivity contribution in [1.82, 2.24) is 5.32 Å². The molecule has 4 nitrogen and oxygen atoms in total. The lowest BCUT2D eigenvalue weighted by molar-refractivity contribution is 0.247. The van der Waals surface area contributed by atoms with Crippen LogP contribution in [0.5, 0.6) is 11.5 Å². The Labute approximate surface area is 122 Å².